The van der Waals surface area contributed by atoms with E-state index < -0.39 is 0 Å². The third kappa shape index (κ3) is 2.46. The molecule has 0 aromatic carbocycles. The minimum atomic E-state index is -0.213. The van der Waals surface area contributed by atoms with Gasteiger partial charge >= 0.3 is 0 Å². The average molecular weight is 334 g/mol. The topological polar surface area (TPSA) is 59.5 Å². The molecular formula is C14H12BrN3O2. The lowest BCUT2D eigenvalue weighted by Crippen LogP contribution is -2.25. The fraction of sp³-hybridized carbons (Fsp3) is 0.143. The molecule has 1 N–H and O–H groups in total. The number of halogens is 1. The lowest BCUT2D eigenvalue weighted by atomic mass is 10.3. The highest BCUT2D eigenvalue weighted by Gasteiger charge is 2.10. The first-order chi connectivity index (χ1) is 9.75. The summed E-state index contributed by atoms with van der Waals surface area (Å²) < 4.78 is 7.85. The Morgan fingerprint density at radius 3 is 3.05 bits per heavy atom. The number of pyridine rings is 1. The smallest absolute Gasteiger partial charge is 0.286 e. The van der Waals surface area contributed by atoms with Crippen LogP contribution in [0, 0.1) is 0 Å². The van der Waals surface area contributed by atoms with E-state index in [0.717, 1.165) is 15.9 Å². The molecule has 0 saturated heterocycles. The van der Waals surface area contributed by atoms with Gasteiger partial charge in [0.05, 0.1) is 11.8 Å². The van der Waals surface area contributed by atoms with Gasteiger partial charge in [0.15, 0.2) is 5.76 Å². The second kappa shape index (κ2) is 5.50. The minimum absolute atomic E-state index is 0.213. The van der Waals surface area contributed by atoms with Crippen LogP contribution in [0.4, 0.5) is 0 Å². The van der Waals surface area contributed by atoms with Gasteiger partial charge in [-0.2, -0.15) is 0 Å². The van der Waals surface area contributed by atoms with Gasteiger partial charge < -0.3 is 14.1 Å². The third-order valence-corrected chi connectivity index (χ3v) is 3.54. The predicted octanol–water partition coefficient (Wildman–Crippen LogP) is 2.66. The van der Waals surface area contributed by atoms with Gasteiger partial charge in [-0.15, -0.1) is 0 Å². The first-order valence-electron chi connectivity index (χ1n) is 6.19. The van der Waals surface area contributed by atoms with E-state index in [0.29, 0.717) is 18.7 Å². The van der Waals surface area contributed by atoms with Crippen molar-refractivity contribution in [3.8, 4) is 0 Å². The Hall–Kier alpha value is -2.08. The first kappa shape index (κ1) is 12.9. The highest BCUT2D eigenvalue weighted by Crippen LogP contribution is 2.18. The van der Waals surface area contributed by atoms with Gasteiger partial charge in [0.2, 0.25) is 0 Å². The summed E-state index contributed by atoms with van der Waals surface area (Å²) in [6, 6.07) is 9.23. The lowest BCUT2D eigenvalue weighted by Gasteiger charge is -2.03. The minimum Gasteiger partial charge on any atom is -0.459 e. The molecule has 0 radical (unpaired) electrons. The quantitative estimate of drug-likeness (QED) is 0.798. The molecule has 0 fully saturated rings. The second-order valence-corrected chi connectivity index (χ2v) is 5.01. The van der Waals surface area contributed by atoms with Gasteiger partial charge in [0.25, 0.3) is 5.91 Å². The van der Waals surface area contributed by atoms with E-state index in [-0.39, 0.29) is 5.91 Å². The summed E-state index contributed by atoms with van der Waals surface area (Å²) in [4.78, 5) is 16.2. The number of hydrogen-bond donors (Lipinski definition) is 1. The van der Waals surface area contributed by atoms with E-state index in [1.54, 1.807) is 12.1 Å². The third-order valence-electron chi connectivity index (χ3n) is 2.96. The van der Waals surface area contributed by atoms with Crippen molar-refractivity contribution >= 4 is 27.4 Å². The molecule has 5 nitrogen and oxygen atoms in total. The number of carbonyl (C=O) groups excluding carboxylic acids is 1. The summed E-state index contributed by atoms with van der Waals surface area (Å²) in [5.41, 5.74) is 1.01. The van der Waals surface area contributed by atoms with Crippen molar-refractivity contribution in [1.82, 2.24) is 14.7 Å². The Balaban J connectivity index is 1.67. The zero-order valence-electron chi connectivity index (χ0n) is 10.5. The Morgan fingerprint density at radius 2 is 2.25 bits per heavy atom. The summed E-state index contributed by atoms with van der Waals surface area (Å²) in [5, 5.41) is 2.81. The van der Waals surface area contributed by atoms with Crippen LogP contribution in [0.1, 0.15) is 16.4 Å². The van der Waals surface area contributed by atoms with Crippen LogP contribution in [0.15, 0.2) is 51.8 Å². The SMILES string of the molecule is O=C(NCCc1nc(Br)c2ccccn12)c1ccco1. The number of amides is 1. The normalized spacial score (nSPS) is 10.8. The highest BCUT2D eigenvalue weighted by atomic mass is 79.9. The van der Waals surface area contributed by atoms with Crippen LogP contribution in [-0.2, 0) is 6.42 Å². The fourth-order valence-corrected chi connectivity index (χ4v) is 2.55. The Bertz CT molecular complexity index is 734. The van der Waals surface area contributed by atoms with Crippen molar-refractivity contribution in [1.29, 1.82) is 0 Å². The van der Waals surface area contributed by atoms with Crippen molar-refractivity contribution in [2.45, 2.75) is 6.42 Å². The van der Waals surface area contributed by atoms with E-state index in [2.05, 4.69) is 26.2 Å². The van der Waals surface area contributed by atoms with Gasteiger partial charge in [-0.25, -0.2) is 4.98 Å². The second-order valence-electron chi connectivity index (χ2n) is 4.26. The summed E-state index contributed by atoms with van der Waals surface area (Å²) >= 11 is 3.44. The maximum absolute atomic E-state index is 11.7. The first-order valence-corrected chi connectivity index (χ1v) is 6.98. The number of imidazole rings is 1. The standard InChI is InChI=1S/C14H12BrN3O2/c15-13-10-4-1-2-8-18(10)12(17-13)6-7-16-14(19)11-5-3-9-20-11/h1-5,8-9H,6-7H2,(H,16,19). The van der Waals surface area contributed by atoms with Crippen molar-refractivity contribution in [2.75, 3.05) is 6.54 Å². The molecule has 0 aliphatic heterocycles. The number of fused-ring (bicyclic) bond motifs is 1. The van der Waals surface area contributed by atoms with Crippen LogP contribution < -0.4 is 5.32 Å². The number of furan rings is 1. The van der Waals surface area contributed by atoms with Crippen molar-refractivity contribution < 1.29 is 9.21 Å². The van der Waals surface area contributed by atoms with Gasteiger partial charge in [0.1, 0.15) is 10.4 Å². The van der Waals surface area contributed by atoms with Crippen LogP contribution in [0.3, 0.4) is 0 Å². The number of nitrogens with zero attached hydrogens (tertiary/aromatic N) is 2. The molecule has 20 heavy (non-hydrogen) atoms. The largest absolute Gasteiger partial charge is 0.459 e. The number of rotatable bonds is 4. The molecule has 0 atom stereocenters. The summed E-state index contributed by atoms with van der Waals surface area (Å²) in [7, 11) is 0. The summed E-state index contributed by atoms with van der Waals surface area (Å²) in [5.74, 6) is 1.00. The van der Waals surface area contributed by atoms with Crippen LogP contribution in [0.5, 0.6) is 0 Å². The van der Waals surface area contributed by atoms with Crippen molar-refractivity contribution in [2.24, 2.45) is 0 Å². The van der Waals surface area contributed by atoms with Crippen molar-refractivity contribution in [3.05, 3.63) is 59.0 Å². The average Bonchev–Trinajstić information content (AvgIpc) is 3.09. The van der Waals surface area contributed by atoms with E-state index in [1.165, 1.54) is 6.26 Å². The maximum atomic E-state index is 11.7. The molecule has 0 bridgehead atoms. The van der Waals surface area contributed by atoms with E-state index in [1.807, 2.05) is 28.8 Å². The number of nitrogens with one attached hydrogen (secondary N) is 1. The van der Waals surface area contributed by atoms with Crippen LogP contribution in [0.2, 0.25) is 0 Å². The van der Waals surface area contributed by atoms with Gasteiger partial charge in [-0.3, -0.25) is 4.79 Å². The number of carbonyl (C=O) groups is 1. The zero-order valence-corrected chi connectivity index (χ0v) is 12.1. The number of aromatic nitrogens is 2. The van der Waals surface area contributed by atoms with E-state index in [4.69, 9.17) is 4.42 Å². The van der Waals surface area contributed by atoms with E-state index >= 15 is 0 Å². The molecule has 1 amide bonds. The molecule has 0 aliphatic carbocycles. The van der Waals surface area contributed by atoms with Gasteiger partial charge in [-0.05, 0) is 40.2 Å². The van der Waals surface area contributed by atoms with Gasteiger partial charge in [0, 0.05) is 19.2 Å². The highest BCUT2D eigenvalue weighted by molar-refractivity contribution is 9.10. The molecule has 3 aromatic rings. The van der Waals surface area contributed by atoms with Crippen LogP contribution in [0.25, 0.3) is 5.52 Å². The van der Waals surface area contributed by atoms with E-state index in [9.17, 15) is 4.79 Å². The predicted molar refractivity (Wildman–Crippen MR) is 77.6 cm³/mol. The molecule has 6 heteroatoms. The monoisotopic (exact) mass is 333 g/mol. The lowest BCUT2D eigenvalue weighted by molar-refractivity contribution is 0.0926. The summed E-state index contributed by atoms with van der Waals surface area (Å²) in [6.45, 7) is 0.500. The Morgan fingerprint density at radius 1 is 1.35 bits per heavy atom. The molecular weight excluding hydrogens is 322 g/mol. The zero-order chi connectivity index (χ0) is 13.9. The Labute approximate surface area is 123 Å². The molecule has 3 aromatic heterocycles. The Kier molecular flexibility index (Phi) is 3.56. The molecule has 0 saturated carbocycles. The maximum Gasteiger partial charge on any atom is 0.286 e. The van der Waals surface area contributed by atoms with Crippen LogP contribution in [-0.4, -0.2) is 21.8 Å². The molecule has 102 valence electrons. The summed E-state index contributed by atoms with van der Waals surface area (Å²) in [6.07, 6.45) is 4.08. The molecule has 0 spiro atoms. The fourth-order valence-electron chi connectivity index (χ4n) is 2.02. The van der Waals surface area contributed by atoms with Crippen molar-refractivity contribution in [3.63, 3.8) is 0 Å². The molecule has 3 rings (SSSR count). The number of hydrogen-bond acceptors (Lipinski definition) is 3. The molecule has 0 aliphatic rings. The molecule has 3 heterocycles. The van der Waals surface area contributed by atoms with Gasteiger partial charge in [-0.1, -0.05) is 6.07 Å². The van der Waals surface area contributed by atoms with Crippen LogP contribution >= 0.6 is 15.9 Å². The molecule has 0 unspecified atom stereocenters.